The molecule has 0 atom stereocenters. The van der Waals surface area contributed by atoms with Crippen LogP contribution in [0, 0.1) is 0 Å². The molecule has 150 valence electrons. The monoisotopic (exact) mass is 430 g/mol. The summed E-state index contributed by atoms with van der Waals surface area (Å²) in [7, 11) is 1.98. The summed E-state index contributed by atoms with van der Waals surface area (Å²) in [6.07, 6.45) is 2.69. The molecule has 7 nitrogen and oxygen atoms in total. The van der Waals surface area contributed by atoms with Gasteiger partial charge in [-0.15, -0.1) is 11.3 Å². The van der Waals surface area contributed by atoms with E-state index in [9.17, 15) is 4.79 Å². The van der Waals surface area contributed by atoms with E-state index in [0.717, 1.165) is 51.5 Å². The van der Waals surface area contributed by atoms with Gasteiger partial charge < -0.3 is 19.6 Å². The standard InChI is InChI=1S/C20H19ClN4O3S/c1-24(14-5-2-13(3-6-14)4-7-17(26)27)16-12-15-18(29-16)19(23-20(21)22-15)25-8-10-28-11-9-25/h2-7,12H,8-11H2,1H3,(H,26,27). The van der Waals surface area contributed by atoms with E-state index in [4.69, 9.17) is 21.4 Å². The summed E-state index contributed by atoms with van der Waals surface area (Å²) in [5.74, 6) is -0.116. The fourth-order valence-electron chi connectivity index (χ4n) is 3.13. The quantitative estimate of drug-likeness (QED) is 0.483. The Morgan fingerprint density at radius 1 is 1.28 bits per heavy atom. The Hall–Kier alpha value is -2.68. The molecule has 29 heavy (non-hydrogen) atoms. The van der Waals surface area contributed by atoms with Crippen molar-refractivity contribution < 1.29 is 14.6 Å². The molecule has 0 bridgehead atoms. The average Bonchev–Trinajstić information content (AvgIpc) is 3.16. The predicted molar refractivity (Wildman–Crippen MR) is 117 cm³/mol. The SMILES string of the molecule is CN(c1ccc(C=CC(=O)O)cc1)c1cc2nc(Cl)nc(N3CCOCC3)c2s1. The van der Waals surface area contributed by atoms with Crippen molar-refractivity contribution in [3.63, 3.8) is 0 Å². The largest absolute Gasteiger partial charge is 0.478 e. The van der Waals surface area contributed by atoms with E-state index in [0.29, 0.717) is 13.2 Å². The van der Waals surface area contributed by atoms with Gasteiger partial charge in [0, 0.05) is 31.9 Å². The van der Waals surface area contributed by atoms with Gasteiger partial charge in [0.2, 0.25) is 5.28 Å². The first kappa shape index (κ1) is 19.6. The third-order valence-corrected chi connectivity index (χ3v) is 6.02. The Morgan fingerprint density at radius 3 is 2.69 bits per heavy atom. The molecule has 1 aliphatic rings. The molecule has 0 spiro atoms. The molecule has 3 heterocycles. The fraction of sp³-hybridized carbons (Fsp3) is 0.250. The van der Waals surface area contributed by atoms with Crippen molar-refractivity contribution in [2.75, 3.05) is 43.2 Å². The zero-order valence-electron chi connectivity index (χ0n) is 15.7. The Balaban J connectivity index is 1.64. The average molecular weight is 431 g/mol. The van der Waals surface area contributed by atoms with Gasteiger partial charge in [-0.05, 0) is 41.4 Å². The van der Waals surface area contributed by atoms with Gasteiger partial charge >= 0.3 is 5.97 Å². The van der Waals surface area contributed by atoms with Gasteiger partial charge in [-0.3, -0.25) is 0 Å². The molecule has 9 heteroatoms. The lowest BCUT2D eigenvalue weighted by molar-refractivity contribution is -0.131. The van der Waals surface area contributed by atoms with Crippen LogP contribution in [0.1, 0.15) is 5.56 Å². The van der Waals surface area contributed by atoms with Crippen LogP contribution in [0.5, 0.6) is 0 Å². The molecule has 2 aromatic heterocycles. The number of thiophene rings is 1. The van der Waals surface area contributed by atoms with Crippen molar-refractivity contribution in [3.05, 3.63) is 47.3 Å². The fourth-order valence-corrected chi connectivity index (χ4v) is 4.40. The number of morpholine rings is 1. The molecule has 1 fully saturated rings. The lowest BCUT2D eigenvalue weighted by atomic mass is 10.2. The highest BCUT2D eigenvalue weighted by Gasteiger charge is 2.20. The van der Waals surface area contributed by atoms with E-state index >= 15 is 0 Å². The molecule has 1 N–H and O–H groups in total. The smallest absolute Gasteiger partial charge is 0.328 e. The number of carboxylic acid groups (broad SMARTS) is 1. The number of hydrogen-bond donors (Lipinski definition) is 1. The van der Waals surface area contributed by atoms with Crippen LogP contribution in [0.25, 0.3) is 16.3 Å². The summed E-state index contributed by atoms with van der Waals surface area (Å²) in [5, 5.41) is 10.00. The maximum atomic E-state index is 10.7. The Morgan fingerprint density at radius 2 is 2.00 bits per heavy atom. The number of halogens is 1. The molecule has 0 unspecified atom stereocenters. The highest BCUT2D eigenvalue weighted by Crippen LogP contribution is 2.39. The number of hydrogen-bond acceptors (Lipinski definition) is 7. The zero-order chi connectivity index (χ0) is 20.4. The minimum absolute atomic E-state index is 0.237. The molecule has 0 amide bonds. The number of fused-ring (bicyclic) bond motifs is 1. The van der Waals surface area contributed by atoms with Crippen LogP contribution < -0.4 is 9.80 Å². The van der Waals surface area contributed by atoms with Crippen LogP contribution in [-0.4, -0.2) is 54.4 Å². The lowest BCUT2D eigenvalue weighted by Gasteiger charge is -2.28. The van der Waals surface area contributed by atoms with E-state index in [2.05, 4.69) is 19.8 Å². The summed E-state index contributed by atoms with van der Waals surface area (Å²) >= 11 is 7.80. The zero-order valence-corrected chi connectivity index (χ0v) is 17.3. The van der Waals surface area contributed by atoms with Crippen LogP contribution in [0.4, 0.5) is 16.5 Å². The number of nitrogens with zero attached hydrogens (tertiary/aromatic N) is 4. The molecule has 0 saturated carbocycles. The van der Waals surface area contributed by atoms with Gasteiger partial charge in [-0.2, -0.15) is 4.98 Å². The van der Waals surface area contributed by atoms with E-state index in [-0.39, 0.29) is 5.28 Å². The van der Waals surface area contributed by atoms with Crippen LogP contribution >= 0.6 is 22.9 Å². The van der Waals surface area contributed by atoms with Crippen molar-refractivity contribution >= 4 is 61.7 Å². The van der Waals surface area contributed by atoms with Crippen LogP contribution in [0.2, 0.25) is 5.28 Å². The lowest BCUT2D eigenvalue weighted by Crippen LogP contribution is -2.36. The Labute approximate surface area is 176 Å². The van der Waals surface area contributed by atoms with E-state index in [1.807, 2.05) is 37.4 Å². The number of aliphatic carboxylic acids is 1. The van der Waals surface area contributed by atoms with Crippen molar-refractivity contribution in [1.82, 2.24) is 9.97 Å². The maximum absolute atomic E-state index is 10.7. The second kappa shape index (κ2) is 8.36. The Bertz CT molecular complexity index is 1060. The van der Waals surface area contributed by atoms with Crippen LogP contribution in [0.15, 0.2) is 36.4 Å². The van der Waals surface area contributed by atoms with Crippen LogP contribution in [0.3, 0.4) is 0 Å². The highest BCUT2D eigenvalue weighted by molar-refractivity contribution is 7.23. The predicted octanol–water partition coefficient (Wildman–Crippen LogP) is 4.05. The molecule has 1 aliphatic heterocycles. The second-order valence-electron chi connectivity index (χ2n) is 6.54. The summed E-state index contributed by atoms with van der Waals surface area (Å²) in [5.41, 5.74) is 2.63. The van der Waals surface area contributed by atoms with E-state index in [1.54, 1.807) is 17.4 Å². The second-order valence-corrected chi connectivity index (χ2v) is 7.91. The van der Waals surface area contributed by atoms with E-state index < -0.39 is 5.97 Å². The third-order valence-electron chi connectivity index (χ3n) is 4.65. The van der Waals surface area contributed by atoms with E-state index in [1.165, 1.54) is 0 Å². The summed E-state index contributed by atoms with van der Waals surface area (Å²) in [6, 6.07) is 9.68. The number of anilines is 3. The minimum Gasteiger partial charge on any atom is -0.478 e. The number of rotatable bonds is 5. The first-order chi connectivity index (χ1) is 14.0. The first-order valence-electron chi connectivity index (χ1n) is 9.06. The summed E-state index contributed by atoms with van der Waals surface area (Å²) < 4.78 is 6.44. The van der Waals surface area contributed by atoms with Gasteiger partial charge in [0.25, 0.3) is 0 Å². The van der Waals surface area contributed by atoms with Gasteiger partial charge in [0.05, 0.1) is 28.4 Å². The van der Waals surface area contributed by atoms with Crippen molar-refractivity contribution in [3.8, 4) is 0 Å². The normalized spacial score (nSPS) is 14.6. The van der Waals surface area contributed by atoms with Gasteiger partial charge in [0.15, 0.2) is 5.82 Å². The number of benzene rings is 1. The molecule has 4 rings (SSSR count). The number of carbonyl (C=O) groups is 1. The van der Waals surface area contributed by atoms with Crippen molar-refractivity contribution in [1.29, 1.82) is 0 Å². The number of ether oxygens (including phenoxy) is 1. The van der Waals surface area contributed by atoms with Gasteiger partial charge in [0.1, 0.15) is 0 Å². The minimum atomic E-state index is -0.965. The molecule has 1 saturated heterocycles. The first-order valence-corrected chi connectivity index (χ1v) is 10.3. The van der Waals surface area contributed by atoms with Gasteiger partial charge in [-0.1, -0.05) is 12.1 Å². The number of aromatic nitrogens is 2. The highest BCUT2D eigenvalue weighted by atomic mass is 35.5. The molecular formula is C20H19ClN4O3S. The molecule has 0 radical (unpaired) electrons. The maximum Gasteiger partial charge on any atom is 0.328 e. The molecular weight excluding hydrogens is 412 g/mol. The molecule has 1 aromatic carbocycles. The van der Waals surface area contributed by atoms with Crippen molar-refractivity contribution in [2.24, 2.45) is 0 Å². The van der Waals surface area contributed by atoms with Crippen LogP contribution in [-0.2, 0) is 9.53 Å². The Kier molecular flexibility index (Phi) is 5.66. The van der Waals surface area contributed by atoms with Crippen molar-refractivity contribution in [2.45, 2.75) is 0 Å². The third kappa shape index (κ3) is 4.34. The molecule has 3 aromatic rings. The molecule has 0 aliphatic carbocycles. The summed E-state index contributed by atoms with van der Waals surface area (Å²) in [6.45, 7) is 2.89. The number of carboxylic acids is 1. The van der Waals surface area contributed by atoms with Gasteiger partial charge in [-0.25, -0.2) is 9.78 Å². The topological polar surface area (TPSA) is 78.8 Å². The summed E-state index contributed by atoms with van der Waals surface area (Å²) in [4.78, 5) is 23.8.